The summed E-state index contributed by atoms with van der Waals surface area (Å²) in [5.41, 5.74) is 3.39. The van der Waals surface area contributed by atoms with Gasteiger partial charge >= 0.3 is 0 Å². The molecule has 0 spiro atoms. The zero-order valence-electron chi connectivity index (χ0n) is 19.6. The lowest BCUT2D eigenvalue weighted by Gasteiger charge is -2.35. The number of nitrogens with zero attached hydrogens (tertiary/aromatic N) is 5. The normalized spacial score (nSPS) is 16.4. The summed E-state index contributed by atoms with van der Waals surface area (Å²) >= 11 is 0. The number of piperidine rings is 1. The van der Waals surface area contributed by atoms with Crippen molar-refractivity contribution in [2.24, 2.45) is 0 Å². The second kappa shape index (κ2) is 10.5. The van der Waals surface area contributed by atoms with Gasteiger partial charge in [-0.05, 0) is 56.1 Å². The van der Waals surface area contributed by atoms with Gasteiger partial charge in [0.1, 0.15) is 18.2 Å². The molecule has 33 heavy (non-hydrogen) atoms. The summed E-state index contributed by atoms with van der Waals surface area (Å²) < 4.78 is 5.96. The average molecular weight is 446 g/mol. The first-order valence-electron chi connectivity index (χ1n) is 11.4. The van der Waals surface area contributed by atoms with Crippen molar-refractivity contribution in [1.29, 1.82) is 0 Å². The monoisotopic (exact) mass is 445 g/mol. The SMILES string of the molecule is Cc1nc(C2CCCCN2Cc2cccc(OCc3ccccn3)c2)ncc1C(=O)N(C)C. The molecule has 1 aliphatic rings. The van der Waals surface area contributed by atoms with Crippen molar-refractivity contribution in [2.75, 3.05) is 20.6 Å². The first-order valence-corrected chi connectivity index (χ1v) is 11.4. The highest BCUT2D eigenvalue weighted by Crippen LogP contribution is 2.31. The number of carbonyl (C=O) groups excluding carboxylic acids is 1. The van der Waals surface area contributed by atoms with E-state index in [4.69, 9.17) is 9.72 Å². The van der Waals surface area contributed by atoms with Crippen LogP contribution < -0.4 is 4.74 Å². The van der Waals surface area contributed by atoms with Gasteiger partial charge in [-0.1, -0.05) is 24.6 Å². The standard InChI is InChI=1S/C26H31N5O2/c1-19-23(26(32)30(2)3)16-28-25(29-19)24-12-5-7-14-31(24)17-20-9-8-11-22(15-20)33-18-21-10-4-6-13-27-21/h4,6,8-11,13,15-16,24H,5,7,12,14,17-18H2,1-3H3. The van der Waals surface area contributed by atoms with Gasteiger partial charge in [0.25, 0.3) is 5.91 Å². The van der Waals surface area contributed by atoms with Gasteiger partial charge in [0, 0.05) is 33.0 Å². The van der Waals surface area contributed by atoms with E-state index in [2.05, 4.69) is 27.0 Å². The molecule has 3 aromatic rings. The van der Waals surface area contributed by atoms with Crippen molar-refractivity contribution in [2.45, 2.75) is 45.4 Å². The molecule has 1 fully saturated rings. The molecule has 1 aliphatic heterocycles. The Morgan fingerprint density at radius 3 is 2.79 bits per heavy atom. The number of rotatable bonds is 7. The van der Waals surface area contributed by atoms with E-state index in [9.17, 15) is 4.79 Å². The number of hydrogen-bond acceptors (Lipinski definition) is 6. The van der Waals surface area contributed by atoms with Crippen molar-refractivity contribution >= 4 is 5.91 Å². The van der Waals surface area contributed by atoms with Crippen molar-refractivity contribution in [3.05, 3.63) is 83.2 Å². The van der Waals surface area contributed by atoms with Crippen molar-refractivity contribution < 1.29 is 9.53 Å². The van der Waals surface area contributed by atoms with Crippen molar-refractivity contribution in [3.63, 3.8) is 0 Å². The van der Waals surface area contributed by atoms with Crippen LogP contribution in [0.3, 0.4) is 0 Å². The van der Waals surface area contributed by atoms with Gasteiger partial charge in [-0.15, -0.1) is 0 Å². The predicted molar refractivity (Wildman–Crippen MR) is 127 cm³/mol. The molecular weight excluding hydrogens is 414 g/mol. The second-order valence-corrected chi connectivity index (χ2v) is 8.67. The molecule has 1 unspecified atom stereocenters. The van der Waals surface area contributed by atoms with Crippen LogP contribution in [-0.4, -0.2) is 51.3 Å². The molecule has 1 aromatic carbocycles. The van der Waals surface area contributed by atoms with E-state index in [-0.39, 0.29) is 11.9 Å². The van der Waals surface area contributed by atoms with E-state index in [0.29, 0.717) is 12.2 Å². The minimum absolute atomic E-state index is 0.0675. The molecule has 1 amide bonds. The Hall–Kier alpha value is -3.32. The van der Waals surface area contributed by atoms with E-state index >= 15 is 0 Å². The smallest absolute Gasteiger partial charge is 0.256 e. The fourth-order valence-corrected chi connectivity index (χ4v) is 4.18. The van der Waals surface area contributed by atoms with Crippen LogP contribution >= 0.6 is 0 Å². The quantitative estimate of drug-likeness (QED) is 0.543. The fourth-order valence-electron chi connectivity index (χ4n) is 4.18. The summed E-state index contributed by atoms with van der Waals surface area (Å²) in [7, 11) is 3.49. The molecule has 4 rings (SSSR count). The van der Waals surface area contributed by atoms with E-state index in [0.717, 1.165) is 55.3 Å². The molecule has 0 aliphatic carbocycles. The third-order valence-electron chi connectivity index (χ3n) is 5.94. The zero-order chi connectivity index (χ0) is 23.2. The molecule has 3 heterocycles. The van der Waals surface area contributed by atoms with Crippen molar-refractivity contribution in [3.8, 4) is 5.75 Å². The van der Waals surface area contributed by atoms with E-state index in [1.54, 1.807) is 31.4 Å². The lowest BCUT2D eigenvalue weighted by molar-refractivity contribution is 0.0825. The maximum absolute atomic E-state index is 12.4. The topological polar surface area (TPSA) is 71.5 Å². The minimum atomic E-state index is -0.0675. The molecule has 1 atom stereocenters. The number of benzene rings is 1. The van der Waals surface area contributed by atoms with Gasteiger partial charge in [0.05, 0.1) is 23.0 Å². The zero-order valence-corrected chi connectivity index (χ0v) is 19.6. The number of pyridine rings is 1. The first-order chi connectivity index (χ1) is 16.0. The van der Waals surface area contributed by atoms with Crippen LogP contribution in [0.15, 0.2) is 54.9 Å². The van der Waals surface area contributed by atoms with Crippen LogP contribution in [0, 0.1) is 6.92 Å². The predicted octanol–water partition coefficient (Wildman–Crippen LogP) is 4.19. The average Bonchev–Trinajstić information content (AvgIpc) is 2.83. The Balaban J connectivity index is 1.47. The van der Waals surface area contributed by atoms with E-state index in [1.807, 2.05) is 37.3 Å². The Labute approximate surface area is 195 Å². The summed E-state index contributed by atoms with van der Waals surface area (Å²) in [4.78, 5) is 30.0. The minimum Gasteiger partial charge on any atom is -0.487 e. The number of hydrogen-bond donors (Lipinski definition) is 0. The molecular formula is C26H31N5O2. The Morgan fingerprint density at radius 1 is 1.15 bits per heavy atom. The summed E-state index contributed by atoms with van der Waals surface area (Å²) in [5.74, 6) is 1.57. The maximum atomic E-state index is 12.4. The van der Waals surface area contributed by atoms with Gasteiger partial charge in [-0.3, -0.25) is 14.7 Å². The molecule has 0 radical (unpaired) electrons. The van der Waals surface area contributed by atoms with Crippen LogP contribution in [0.1, 0.15) is 58.4 Å². The van der Waals surface area contributed by atoms with Crippen molar-refractivity contribution in [1.82, 2.24) is 24.8 Å². The number of ether oxygens (including phenoxy) is 1. The molecule has 172 valence electrons. The lowest BCUT2D eigenvalue weighted by Crippen LogP contribution is -2.34. The van der Waals surface area contributed by atoms with Gasteiger partial charge in [0.15, 0.2) is 0 Å². The molecule has 0 saturated carbocycles. The molecule has 0 N–H and O–H groups in total. The number of aromatic nitrogens is 3. The highest BCUT2D eigenvalue weighted by Gasteiger charge is 2.27. The Kier molecular flexibility index (Phi) is 7.29. The largest absolute Gasteiger partial charge is 0.487 e. The van der Waals surface area contributed by atoms with Crippen LogP contribution in [0.4, 0.5) is 0 Å². The fraction of sp³-hybridized carbons (Fsp3) is 0.385. The van der Waals surface area contributed by atoms with Gasteiger partial charge < -0.3 is 9.64 Å². The lowest BCUT2D eigenvalue weighted by atomic mass is 10.00. The number of likely N-dealkylation sites (tertiary alicyclic amines) is 1. The Bertz CT molecular complexity index is 1090. The maximum Gasteiger partial charge on any atom is 0.256 e. The first kappa shape index (κ1) is 22.9. The highest BCUT2D eigenvalue weighted by molar-refractivity contribution is 5.94. The molecule has 0 bridgehead atoms. The second-order valence-electron chi connectivity index (χ2n) is 8.67. The van der Waals surface area contributed by atoms with Gasteiger partial charge in [-0.25, -0.2) is 9.97 Å². The summed E-state index contributed by atoms with van der Waals surface area (Å²) in [5, 5.41) is 0. The summed E-state index contributed by atoms with van der Waals surface area (Å²) in [6.07, 6.45) is 6.77. The summed E-state index contributed by atoms with van der Waals surface area (Å²) in [6, 6.07) is 14.2. The molecule has 7 nitrogen and oxygen atoms in total. The highest BCUT2D eigenvalue weighted by atomic mass is 16.5. The third-order valence-corrected chi connectivity index (χ3v) is 5.94. The molecule has 1 saturated heterocycles. The summed E-state index contributed by atoms with van der Waals surface area (Å²) in [6.45, 7) is 4.12. The van der Waals surface area contributed by atoms with Crippen LogP contribution in [0.5, 0.6) is 5.75 Å². The van der Waals surface area contributed by atoms with Gasteiger partial charge in [-0.2, -0.15) is 0 Å². The molecule has 2 aromatic heterocycles. The Morgan fingerprint density at radius 2 is 2.03 bits per heavy atom. The van der Waals surface area contributed by atoms with Crippen LogP contribution in [-0.2, 0) is 13.2 Å². The number of aryl methyl sites for hydroxylation is 1. The van der Waals surface area contributed by atoms with Crippen LogP contribution in [0.2, 0.25) is 0 Å². The number of amides is 1. The number of carbonyl (C=O) groups is 1. The van der Waals surface area contributed by atoms with Gasteiger partial charge in [0.2, 0.25) is 0 Å². The molecule has 7 heteroatoms. The van der Waals surface area contributed by atoms with E-state index in [1.165, 1.54) is 5.56 Å². The third kappa shape index (κ3) is 5.73. The van der Waals surface area contributed by atoms with Crippen LogP contribution in [0.25, 0.3) is 0 Å². The van der Waals surface area contributed by atoms with E-state index < -0.39 is 0 Å².